The maximum absolute atomic E-state index is 8.67. The zero-order valence-corrected chi connectivity index (χ0v) is 7.07. The van der Waals surface area contributed by atoms with Gasteiger partial charge in [-0.3, -0.25) is 0 Å². The Balaban J connectivity index is 0.000000371. The summed E-state index contributed by atoms with van der Waals surface area (Å²) in [5.74, 6) is -0.153. The van der Waals surface area contributed by atoms with Crippen LogP contribution in [-0.4, -0.2) is 10.2 Å². The van der Waals surface area contributed by atoms with Crippen molar-refractivity contribution in [2.75, 3.05) is 0 Å². The van der Waals surface area contributed by atoms with E-state index in [0.717, 1.165) is 0 Å². The summed E-state index contributed by atoms with van der Waals surface area (Å²) in [6, 6.07) is 6.15. The van der Waals surface area contributed by atoms with E-state index >= 15 is 0 Å². The number of halogens is 1. The van der Waals surface area contributed by atoms with Gasteiger partial charge in [0.05, 0.1) is 0 Å². The van der Waals surface area contributed by atoms with Crippen molar-refractivity contribution in [3.63, 3.8) is 0 Å². The smallest absolute Gasteiger partial charge is 0.157 e. The molecule has 2 N–H and O–H groups in total. The fourth-order valence-corrected chi connectivity index (χ4v) is 0.464. The summed E-state index contributed by atoms with van der Waals surface area (Å²) in [7, 11) is 1.89. The van der Waals surface area contributed by atoms with Gasteiger partial charge in [-0.2, -0.15) is 0 Å². The highest BCUT2D eigenvalue weighted by atomic mass is 35.7. The lowest BCUT2D eigenvalue weighted by atomic mass is 10.3. The highest BCUT2D eigenvalue weighted by Gasteiger charge is 1.90. The maximum Gasteiger partial charge on any atom is 0.157 e. The number of hydrogen-bond donors (Lipinski definition) is 2. The Morgan fingerprint density at radius 1 is 1.00 bits per heavy atom. The summed E-state index contributed by atoms with van der Waals surface area (Å²) >= 11 is 4.56. The van der Waals surface area contributed by atoms with Crippen molar-refractivity contribution in [2.45, 2.75) is 0 Å². The Kier molecular flexibility index (Phi) is 5.09. The minimum atomic E-state index is -0.0764. The predicted octanol–water partition coefficient (Wildman–Crippen LogP) is 2.11. The number of aromatic hydroxyl groups is 2. The summed E-state index contributed by atoms with van der Waals surface area (Å²) in [6.07, 6.45) is 0. The Bertz CT molecular complexity index is 172. The molecule has 0 spiro atoms. The van der Waals surface area contributed by atoms with Crippen molar-refractivity contribution in [3.05, 3.63) is 24.3 Å². The fraction of sp³-hybridized carbons (Fsp3) is 0. The zero-order chi connectivity index (χ0) is 7.98. The van der Waals surface area contributed by atoms with Gasteiger partial charge in [-0.05, 0) is 20.7 Å². The second kappa shape index (κ2) is 5.33. The molecule has 4 heteroatoms. The zero-order valence-electron chi connectivity index (χ0n) is 5.16. The molecule has 0 bridgehead atoms. The summed E-state index contributed by atoms with van der Waals surface area (Å²) in [5, 5.41) is 17.3. The average molecular weight is 179 g/mol. The number of hydrogen-bond acceptors (Lipinski definition) is 2. The van der Waals surface area contributed by atoms with E-state index in [2.05, 4.69) is 11.2 Å². The standard InChI is InChI=1S/C6H6O2.ClH2P/c7-5-3-1-2-4-6(5)8;1-2/h1-4,7-8H;2H2. The molecule has 0 aliphatic rings. The molecule has 0 aliphatic heterocycles. The van der Waals surface area contributed by atoms with Crippen LogP contribution in [0.2, 0.25) is 0 Å². The second-order valence-electron chi connectivity index (χ2n) is 1.49. The molecule has 0 saturated carbocycles. The number of phenols is 2. The quantitative estimate of drug-likeness (QED) is 0.472. The van der Waals surface area contributed by atoms with E-state index in [1.807, 2.05) is 8.59 Å². The van der Waals surface area contributed by atoms with Gasteiger partial charge in [0.25, 0.3) is 0 Å². The van der Waals surface area contributed by atoms with Gasteiger partial charge in [0.1, 0.15) is 0 Å². The van der Waals surface area contributed by atoms with E-state index in [1.165, 1.54) is 12.1 Å². The maximum atomic E-state index is 8.67. The van der Waals surface area contributed by atoms with Crippen LogP contribution in [0.25, 0.3) is 0 Å². The van der Waals surface area contributed by atoms with Crippen LogP contribution in [0.4, 0.5) is 0 Å². The Morgan fingerprint density at radius 2 is 1.30 bits per heavy atom. The van der Waals surface area contributed by atoms with Crippen LogP contribution < -0.4 is 0 Å². The summed E-state index contributed by atoms with van der Waals surface area (Å²) < 4.78 is 0. The molecule has 1 unspecified atom stereocenters. The van der Waals surface area contributed by atoms with Crippen LogP contribution in [0.3, 0.4) is 0 Å². The van der Waals surface area contributed by atoms with Gasteiger partial charge in [-0.1, -0.05) is 12.1 Å². The number of phenolic OH excluding ortho intramolecular Hbond substituents is 2. The molecule has 10 heavy (non-hydrogen) atoms. The molecule has 0 heterocycles. The third-order valence-electron chi connectivity index (χ3n) is 0.882. The predicted molar refractivity (Wildman–Crippen MR) is 45.3 cm³/mol. The van der Waals surface area contributed by atoms with Crippen molar-refractivity contribution < 1.29 is 10.2 Å². The van der Waals surface area contributed by atoms with E-state index in [9.17, 15) is 0 Å². The first-order chi connectivity index (χ1) is 4.80. The van der Waals surface area contributed by atoms with Gasteiger partial charge >= 0.3 is 0 Å². The lowest BCUT2D eigenvalue weighted by Gasteiger charge is -1.91. The van der Waals surface area contributed by atoms with Crippen LogP contribution in [0.5, 0.6) is 11.5 Å². The lowest BCUT2D eigenvalue weighted by Crippen LogP contribution is -1.63. The minimum Gasteiger partial charge on any atom is -0.504 e. The third kappa shape index (κ3) is 2.90. The van der Waals surface area contributed by atoms with Crippen molar-refractivity contribution in [3.8, 4) is 11.5 Å². The van der Waals surface area contributed by atoms with Gasteiger partial charge in [0.15, 0.2) is 11.5 Å². The second-order valence-corrected chi connectivity index (χ2v) is 1.49. The van der Waals surface area contributed by atoms with E-state index in [0.29, 0.717) is 0 Å². The molecule has 1 aromatic rings. The molecular weight excluding hydrogens is 170 g/mol. The molecule has 0 aliphatic carbocycles. The van der Waals surface area contributed by atoms with Crippen molar-refractivity contribution in [2.24, 2.45) is 0 Å². The van der Waals surface area contributed by atoms with Crippen LogP contribution in [-0.2, 0) is 0 Å². The molecular formula is C6H8ClO2P. The van der Waals surface area contributed by atoms with Crippen molar-refractivity contribution in [1.29, 1.82) is 0 Å². The number of rotatable bonds is 0. The monoisotopic (exact) mass is 178 g/mol. The summed E-state index contributed by atoms with van der Waals surface area (Å²) in [6.45, 7) is 0. The first-order valence-corrected chi connectivity index (χ1v) is 4.24. The molecule has 1 atom stereocenters. The summed E-state index contributed by atoms with van der Waals surface area (Å²) in [5.41, 5.74) is 0. The Morgan fingerprint density at radius 3 is 1.50 bits per heavy atom. The van der Waals surface area contributed by atoms with Gasteiger partial charge in [-0.15, -0.1) is 11.2 Å². The molecule has 0 saturated heterocycles. The SMILES string of the molecule is Oc1ccccc1O.PCl. The highest BCUT2D eigenvalue weighted by molar-refractivity contribution is 7.52. The van der Waals surface area contributed by atoms with E-state index in [4.69, 9.17) is 10.2 Å². The fourth-order valence-electron chi connectivity index (χ4n) is 0.464. The van der Waals surface area contributed by atoms with Gasteiger partial charge in [-0.25, -0.2) is 0 Å². The lowest BCUT2D eigenvalue weighted by molar-refractivity contribution is 0.404. The molecule has 0 fully saturated rings. The van der Waals surface area contributed by atoms with Gasteiger partial charge in [0, 0.05) is 0 Å². The number of para-hydroxylation sites is 2. The highest BCUT2D eigenvalue weighted by Crippen LogP contribution is 2.21. The van der Waals surface area contributed by atoms with Gasteiger partial charge in [0.2, 0.25) is 0 Å². The first kappa shape index (κ1) is 9.54. The van der Waals surface area contributed by atoms with E-state index < -0.39 is 0 Å². The van der Waals surface area contributed by atoms with Crippen LogP contribution in [0, 0.1) is 0 Å². The van der Waals surface area contributed by atoms with Crippen LogP contribution in [0.1, 0.15) is 0 Å². The molecule has 1 rings (SSSR count). The van der Waals surface area contributed by atoms with Crippen molar-refractivity contribution in [1.82, 2.24) is 0 Å². The molecule has 1 aromatic carbocycles. The average Bonchev–Trinajstić information content (AvgIpc) is 2.00. The molecule has 2 nitrogen and oxygen atoms in total. The van der Waals surface area contributed by atoms with Crippen LogP contribution in [0.15, 0.2) is 24.3 Å². The molecule has 0 aromatic heterocycles. The summed E-state index contributed by atoms with van der Waals surface area (Å²) in [4.78, 5) is 0. The van der Waals surface area contributed by atoms with Gasteiger partial charge < -0.3 is 10.2 Å². The number of benzene rings is 1. The molecule has 0 amide bonds. The van der Waals surface area contributed by atoms with Crippen LogP contribution >= 0.6 is 19.8 Å². The topological polar surface area (TPSA) is 40.5 Å². The molecule has 0 radical (unpaired) electrons. The van der Waals surface area contributed by atoms with E-state index in [1.54, 1.807) is 12.1 Å². The molecule has 56 valence electrons. The third-order valence-corrected chi connectivity index (χ3v) is 0.882. The normalized spacial score (nSPS) is 7.80. The Labute approximate surface area is 66.5 Å². The first-order valence-electron chi connectivity index (χ1n) is 2.49. The minimum absolute atomic E-state index is 0.0764. The largest absolute Gasteiger partial charge is 0.504 e. The van der Waals surface area contributed by atoms with Crippen molar-refractivity contribution >= 4 is 19.8 Å². The van der Waals surface area contributed by atoms with E-state index in [-0.39, 0.29) is 11.5 Å². The Hall–Kier alpha value is -0.460.